The van der Waals surface area contributed by atoms with Crippen molar-refractivity contribution in [1.29, 1.82) is 0 Å². The van der Waals surface area contributed by atoms with Crippen molar-refractivity contribution in [3.8, 4) is 0 Å². The maximum absolute atomic E-state index is 12.6. The molecule has 0 aliphatic carbocycles. The van der Waals surface area contributed by atoms with Gasteiger partial charge in [-0.15, -0.1) is 0 Å². The van der Waals surface area contributed by atoms with Gasteiger partial charge in [0, 0.05) is 22.0 Å². The fraction of sp³-hybridized carbons (Fsp3) is 0.111. The highest BCUT2D eigenvalue weighted by Gasteiger charge is 2.17. The summed E-state index contributed by atoms with van der Waals surface area (Å²) in [4.78, 5) is 35.0. The van der Waals surface area contributed by atoms with E-state index in [0.717, 1.165) is 11.1 Å². The summed E-state index contributed by atoms with van der Waals surface area (Å²) in [5.41, 5.74) is 1.35. The molecule has 1 amide bonds. The third kappa shape index (κ3) is 3.36. The predicted octanol–water partition coefficient (Wildman–Crippen LogP) is 4.33. The highest BCUT2D eigenvalue weighted by Crippen LogP contribution is 2.28. The zero-order valence-corrected chi connectivity index (χ0v) is 15.4. The number of anilines is 1. The van der Waals surface area contributed by atoms with Crippen molar-refractivity contribution in [2.45, 2.75) is 13.8 Å². The van der Waals surface area contributed by atoms with Crippen molar-refractivity contribution in [3.05, 3.63) is 78.1 Å². The van der Waals surface area contributed by atoms with Crippen molar-refractivity contribution in [3.63, 3.8) is 0 Å². The van der Waals surface area contributed by atoms with E-state index in [0.29, 0.717) is 15.5 Å². The van der Waals surface area contributed by atoms with Gasteiger partial charge < -0.3 is 9.73 Å². The average molecular weight is 417 g/mol. The standard InChI is InChI=1S/C18H13BrN2O5/c1-9-5-10(2)16(14(19)6-9)20-17(22)13-8-11-7-12(21(24)25)3-4-15(11)26-18(13)23/h3-8H,1-2H3,(H,20,22). The van der Waals surface area contributed by atoms with Gasteiger partial charge in [-0.3, -0.25) is 14.9 Å². The molecule has 1 aromatic heterocycles. The molecule has 0 atom stereocenters. The number of fused-ring (bicyclic) bond motifs is 1. The number of non-ortho nitro benzene ring substituents is 1. The molecule has 0 radical (unpaired) electrons. The molecule has 3 aromatic rings. The minimum Gasteiger partial charge on any atom is -0.422 e. The second-order valence-electron chi connectivity index (χ2n) is 5.82. The number of nitrogens with zero attached hydrogens (tertiary/aromatic N) is 1. The monoisotopic (exact) mass is 416 g/mol. The first-order valence-corrected chi connectivity index (χ1v) is 8.36. The summed E-state index contributed by atoms with van der Waals surface area (Å²) in [6.07, 6.45) is 0. The number of nitrogens with one attached hydrogen (secondary N) is 1. The van der Waals surface area contributed by atoms with Gasteiger partial charge in [0.2, 0.25) is 0 Å². The maximum atomic E-state index is 12.6. The Morgan fingerprint density at radius 3 is 2.58 bits per heavy atom. The van der Waals surface area contributed by atoms with Crippen LogP contribution in [0.15, 0.2) is 50.1 Å². The number of rotatable bonds is 3. The summed E-state index contributed by atoms with van der Waals surface area (Å²) < 4.78 is 5.80. The third-order valence-corrected chi connectivity index (χ3v) is 4.47. The number of aryl methyl sites for hydroxylation is 2. The van der Waals surface area contributed by atoms with Crippen molar-refractivity contribution >= 4 is 44.2 Å². The van der Waals surface area contributed by atoms with Crippen LogP contribution in [0.2, 0.25) is 0 Å². The molecule has 3 rings (SSSR count). The van der Waals surface area contributed by atoms with Crippen LogP contribution in [0.4, 0.5) is 11.4 Å². The van der Waals surface area contributed by atoms with Gasteiger partial charge in [0.15, 0.2) is 0 Å². The third-order valence-electron chi connectivity index (χ3n) is 3.84. The topological polar surface area (TPSA) is 102 Å². The van der Waals surface area contributed by atoms with E-state index in [2.05, 4.69) is 21.2 Å². The Bertz CT molecular complexity index is 1100. The number of nitro benzene ring substituents is 1. The van der Waals surface area contributed by atoms with E-state index in [1.165, 1.54) is 24.3 Å². The molecule has 1 heterocycles. The molecule has 132 valence electrons. The number of carbonyl (C=O) groups is 1. The summed E-state index contributed by atoms with van der Waals surface area (Å²) in [7, 11) is 0. The average Bonchev–Trinajstić information content (AvgIpc) is 2.56. The number of halogens is 1. The Kier molecular flexibility index (Phi) is 4.60. The molecule has 0 saturated heterocycles. The molecule has 0 spiro atoms. The first kappa shape index (κ1) is 17.8. The van der Waals surface area contributed by atoms with Crippen LogP contribution in [0.5, 0.6) is 0 Å². The molecular formula is C18H13BrN2O5. The Morgan fingerprint density at radius 2 is 1.92 bits per heavy atom. The SMILES string of the molecule is Cc1cc(C)c(NC(=O)c2cc3cc([N+](=O)[O-])ccc3oc2=O)c(Br)c1. The molecule has 7 nitrogen and oxygen atoms in total. The lowest BCUT2D eigenvalue weighted by Crippen LogP contribution is -2.21. The van der Waals surface area contributed by atoms with Crippen LogP contribution in [0.3, 0.4) is 0 Å². The lowest BCUT2D eigenvalue weighted by Gasteiger charge is -2.11. The van der Waals surface area contributed by atoms with Gasteiger partial charge in [-0.25, -0.2) is 4.79 Å². The number of hydrogen-bond donors (Lipinski definition) is 1. The molecule has 0 bridgehead atoms. The largest absolute Gasteiger partial charge is 0.422 e. The lowest BCUT2D eigenvalue weighted by atomic mass is 10.1. The van der Waals surface area contributed by atoms with E-state index < -0.39 is 16.5 Å². The summed E-state index contributed by atoms with van der Waals surface area (Å²) in [6.45, 7) is 3.76. The quantitative estimate of drug-likeness (QED) is 0.388. The summed E-state index contributed by atoms with van der Waals surface area (Å²) in [5, 5.41) is 13.9. The predicted molar refractivity (Wildman–Crippen MR) is 101 cm³/mol. The van der Waals surface area contributed by atoms with Crippen LogP contribution in [-0.2, 0) is 0 Å². The zero-order valence-electron chi connectivity index (χ0n) is 13.8. The van der Waals surface area contributed by atoms with E-state index in [1.807, 2.05) is 26.0 Å². The van der Waals surface area contributed by atoms with Crippen LogP contribution in [-0.4, -0.2) is 10.8 Å². The number of amides is 1. The minimum atomic E-state index is -0.815. The Morgan fingerprint density at radius 1 is 1.19 bits per heavy atom. The maximum Gasteiger partial charge on any atom is 0.349 e. The first-order chi connectivity index (χ1) is 12.3. The van der Waals surface area contributed by atoms with E-state index in [1.54, 1.807) is 0 Å². The van der Waals surface area contributed by atoms with Gasteiger partial charge in [0.1, 0.15) is 11.1 Å². The number of hydrogen-bond acceptors (Lipinski definition) is 5. The Hall–Kier alpha value is -3.00. The fourth-order valence-corrected chi connectivity index (χ4v) is 3.41. The van der Waals surface area contributed by atoms with Gasteiger partial charge in [-0.1, -0.05) is 6.07 Å². The van der Waals surface area contributed by atoms with Crippen molar-refractivity contribution in [1.82, 2.24) is 0 Å². The summed E-state index contributed by atoms with van der Waals surface area (Å²) >= 11 is 3.39. The molecule has 1 N–H and O–H groups in total. The molecule has 0 unspecified atom stereocenters. The van der Waals surface area contributed by atoms with Crippen LogP contribution < -0.4 is 10.9 Å². The van der Waals surface area contributed by atoms with Gasteiger partial charge in [0.05, 0.1) is 10.6 Å². The molecule has 0 aliphatic rings. The van der Waals surface area contributed by atoms with Crippen molar-refractivity contribution in [2.24, 2.45) is 0 Å². The Balaban J connectivity index is 2.04. The van der Waals surface area contributed by atoms with E-state index in [9.17, 15) is 19.7 Å². The molecule has 0 saturated carbocycles. The van der Waals surface area contributed by atoms with Crippen LogP contribution in [0.25, 0.3) is 11.0 Å². The zero-order chi connectivity index (χ0) is 19.0. The molecule has 26 heavy (non-hydrogen) atoms. The fourth-order valence-electron chi connectivity index (χ4n) is 2.64. The smallest absolute Gasteiger partial charge is 0.349 e. The highest BCUT2D eigenvalue weighted by molar-refractivity contribution is 9.10. The number of nitro groups is 1. The number of carbonyl (C=O) groups excluding carboxylic acids is 1. The van der Waals surface area contributed by atoms with Crippen LogP contribution in [0.1, 0.15) is 21.5 Å². The van der Waals surface area contributed by atoms with Crippen LogP contribution >= 0.6 is 15.9 Å². The molecule has 8 heteroatoms. The van der Waals surface area contributed by atoms with Gasteiger partial charge >= 0.3 is 5.63 Å². The summed E-state index contributed by atoms with van der Waals surface area (Å²) in [5.74, 6) is -0.653. The second-order valence-corrected chi connectivity index (χ2v) is 6.67. The minimum absolute atomic E-state index is 0.158. The first-order valence-electron chi connectivity index (χ1n) is 7.56. The highest BCUT2D eigenvalue weighted by atomic mass is 79.9. The van der Waals surface area contributed by atoms with Crippen molar-refractivity contribution < 1.29 is 14.1 Å². The van der Waals surface area contributed by atoms with Crippen LogP contribution in [0, 0.1) is 24.0 Å². The van der Waals surface area contributed by atoms with E-state index in [4.69, 9.17) is 4.42 Å². The second kappa shape index (κ2) is 6.72. The van der Waals surface area contributed by atoms with E-state index in [-0.39, 0.29) is 16.8 Å². The normalized spacial score (nSPS) is 10.7. The molecule has 0 fully saturated rings. The molecular weight excluding hydrogens is 404 g/mol. The van der Waals surface area contributed by atoms with Gasteiger partial charge in [0.25, 0.3) is 11.6 Å². The summed E-state index contributed by atoms with van der Waals surface area (Å²) in [6, 6.07) is 8.85. The number of benzene rings is 2. The van der Waals surface area contributed by atoms with Gasteiger partial charge in [-0.05, 0) is 59.1 Å². The lowest BCUT2D eigenvalue weighted by molar-refractivity contribution is -0.384. The Labute approximate surface area is 155 Å². The van der Waals surface area contributed by atoms with Gasteiger partial charge in [-0.2, -0.15) is 0 Å². The molecule has 2 aromatic carbocycles. The van der Waals surface area contributed by atoms with E-state index >= 15 is 0 Å². The molecule has 0 aliphatic heterocycles. The van der Waals surface area contributed by atoms with Crippen molar-refractivity contribution in [2.75, 3.05) is 5.32 Å².